The number of hydrogen-bond acceptors (Lipinski definition) is 5. The molecule has 0 aromatic carbocycles. The van der Waals surface area contributed by atoms with Gasteiger partial charge in [-0.3, -0.25) is 14.2 Å². The number of carbonyl (C=O) groups excluding carboxylic acids is 1. The van der Waals surface area contributed by atoms with Crippen molar-refractivity contribution in [3.8, 4) is 0 Å². The number of nitrogens with one attached hydrogen (secondary N) is 2. The lowest BCUT2D eigenvalue weighted by atomic mass is 10.2. The van der Waals surface area contributed by atoms with Gasteiger partial charge in [-0.2, -0.15) is 0 Å². The van der Waals surface area contributed by atoms with Crippen LogP contribution in [-0.4, -0.2) is 26.2 Å². The molecule has 3 aromatic heterocycles. The van der Waals surface area contributed by atoms with Gasteiger partial charge in [0.2, 0.25) is 5.91 Å². The highest BCUT2D eigenvalue weighted by molar-refractivity contribution is 7.99. The maximum Gasteiger partial charge on any atom is 0.278 e. The van der Waals surface area contributed by atoms with Crippen molar-refractivity contribution in [1.29, 1.82) is 0 Å². The molecule has 0 aliphatic rings. The Morgan fingerprint density at radius 1 is 1.41 bits per heavy atom. The van der Waals surface area contributed by atoms with Gasteiger partial charge in [0, 0.05) is 11.7 Å². The Morgan fingerprint density at radius 3 is 2.85 bits per heavy atom. The zero-order valence-corrected chi connectivity index (χ0v) is 16.8. The summed E-state index contributed by atoms with van der Waals surface area (Å²) in [5, 5.41) is 3.39. The second kappa shape index (κ2) is 8.04. The summed E-state index contributed by atoms with van der Waals surface area (Å²) >= 11 is 1.27. The van der Waals surface area contributed by atoms with Gasteiger partial charge in [-0.1, -0.05) is 18.7 Å². The molecule has 0 aliphatic heterocycles. The number of amides is 1. The Morgan fingerprint density at radius 2 is 2.19 bits per heavy atom. The van der Waals surface area contributed by atoms with E-state index in [2.05, 4.69) is 15.3 Å². The second-order valence-electron chi connectivity index (χ2n) is 6.62. The lowest BCUT2D eigenvalue weighted by molar-refractivity contribution is -0.118. The molecule has 0 saturated heterocycles. The molecule has 0 fully saturated rings. The minimum Gasteiger partial charge on any atom is -0.465 e. The summed E-state index contributed by atoms with van der Waals surface area (Å²) in [6, 6.07) is 5.54. The van der Waals surface area contributed by atoms with Crippen LogP contribution in [0.4, 0.5) is 0 Å². The van der Waals surface area contributed by atoms with Gasteiger partial charge in [0.25, 0.3) is 5.56 Å². The predicted molar refractivity (Wildman–Crippen MR) is 106 cm³/mol. The third-order valence-corrected chi connectivity index (χ3v) is 5.36. The standard InChI is InChI=1S/C19H24N4O3S/c1-5-12(3)23-18(25)17-15(8-11(2)21-17)22-19(23)27-10-16(24)20-9-14-7-6-13(4)26-14/h6-8,12,21H,5,9-10H2,1-4H3,(H,20,24)/t12-/m0/s1. The number of rotatable bonds is 7. The number of aryl methyl sites for hydroxylation is 2. The summed E-state index contributed by atoms with van der Waals surface area (Å²) < 4.78 is 7.12. The number of fused-ring (bicyclic) bond motifs is 1. The minimum absolute atomic E-state index is 0.00494. The number of nitrogens with zero attached hydrogens (tertiary/aromatic N) is 2. The Bertz CT molecular complexity index is 1020. The van der Waals surface area contributed by atoms with Gasteiger partial charge >= 0.3 is 0 Å². The van der Waals surface area contributed by atoms with Gasteiger partial charge in [-0.25, -0.2) is 4.98 Å². The van der Waals surface area contributed by atoms with Crippen LogP contribution in [-0.2, 0) is 11.3 Å². The van der Waals surface area contributed by atoms with E-state index in [1.165, 1.54) is 11.8 Å². The van der Waals surface area contributed by atoms with Crippen LogP contribution in [0.5, 0.6) is 0 Å². The molecule has 0 saturated carbocycles. The smallest absolute Gasteiger partial charge is 0.278 e. The van der Waals surface area contributed by atoms with Gasteiger partial charge < -0.3 is 14.7 Å². The monoisotopic (exact) mass is 388 g/mol. The average Bonchev–Trinajstić information content (AvgIpc) is 3.22. The lowest BCUT2D eigenvalue weighted by Crippen LogP contribution is -2.28. The summed E-state index contributed by atoms with van der Waals surface area (Å²) in [4.78, 5) is 32.8. The summed E-state index contributed by atoms with van der Waals surface area (Å²) in [7, 11) is 0. The van der Waals surface area contributed by atoms with Crippen LogP contribution in [0.25, 0.3) is 11.0 Å². The maximum atomic E-state index is 12.9. The van der Waals surface area contributed by atoms with Crippen molar-refractivity contribution in [2.45, 2.75) is 51.9 Å². The third-order valence-electron chi connectivity index (χ3n) is 4.41. The molecule has 0 radical (unpaired) electrons. The van der Waals surface area contributed by atoms with Crippen molar-refractivity contribution in [3.63, 3.8) is 0 Å². The fraction of sp³-hybridized carbons (Fsp3) is 0.421. The van der Waals surface area contributed by atoms with Gasteiger partial charge in [-0.05, 0) is 45.4 Å². The molecular formula is C19H24N4O3S. The first-order valence-corrected chi connectivity index (χ1v) is 9.94. The van der Waals surface area contributed by atoms with E-state index in [0.717, 1.165) is 17.9 Å². The quantitative estimate of drug-likeness (QED) is 0.478. The van der Waals surface area contributed by atoms with Crippen molar-refractivity contribution >= 4 is 28.7 Å². The van der Waals surface area contributed by atoms with Gasteiger partial charge in [0.1, 0.15) is 17.0 Å². The molecule has 0 spiro atoms. The molecule has 3 heterocycles. The largest absolute Gasteiger partial charge is 0.465 e. The number of aromatic amines is 1. The first-order valence-electron chi connectivity index (χ1n) is 8.95. The molecule has 0 bridgehead atoms. The zero-order chi connectivity index (χ0) is 19.6. The number of hydrogen-bond donors (Lipinski definition) is 2. The maximum absolute atomic E-state index is 12.9. The molecule has 2 N–H and O–H groups in total. The highest BCUT2D eigenvalue weighted by Gasteiger charge is 2.18. The molecule has 7 nitrogen and oxygen atoms in total. The number of H-pyrrole nitrogens is 1. The third kappa shape index (κ3) is 4.27. The van der Waals surface area contributed by atoms with Gasteiger partial charge in [-0.15, -0.1) is 0 Å². The fourth-order valence-corrected chi connectivity index (χ4v) is 3.74. The first kappa shape index (κ1) is 19.3. The SMILES string of the molecule is CC[C@H](C)n1c(SCC(=O)NCc2ccc(C)o2)nc2cc(C)[nH]c2c1=O. The average molecular weight is 388 g/mol. The van der Waals surface area contributed by atoms with Crippen molar-refractivity contribution in [3.05, 3.63) is 45.8 Å². The predicted octanol–water partition coefficient (Wildman–Crippen LogP) is 3.31. The van der Waals surface area contributed by atoms with Crippen molar-refractivity contribution in [2.75, 3.05) is 5.75 Å². The molecule has 3 aromatic rings. The van der Waals surface area contributed by atoms with Crippen LogP contribution >= 0.6 is 11.8 Å². The Balaban J connectivity index is 1.76. The summed E-state index contributed by atoms with van der Waals surface area (Å²) in [5.74, 6) is 1.57. The number of thioether (sulfide) groups is 1. The number of furan rings is 1. The topological polar surface area (TPSA) is 92.9 Å². The molecule has 1 amide bonds. The first-order chi connectivity index (χ1) is 12.9. The molecule has 27 heavy (non-hydrogen) atoms. The minimum atomic E-state index is -0.135. The highest BCUT2D eigenvalue weighted by Crippen LogP contribution is 2.22. The molecular weight excluding hydrogens is 364 g/mol. The number of aromatic nitrogens is 3. The van der Waals surface area contributed by atoms with E-state index >= 15 is 0 Å². The van der Waals surface area contributed by atoms with Crippen LogP contribution in [0, 0.1) is 13.8 Å². The fourth-order valence-electron chi connectivity index (χ4n) is 2.81. The van der Waals surface area contributed by atoms with E-state index in [1.807, 2.05) is 45.9 Å². The van der Waals surface area contributed by atoms with Crippen LogP contribution in [0.3, 0.4) is 0 Å². The van der Waals surface area contributed by atoms with Gasteiger partial charge in [0.05, 0.1) is 17.8 Å². The molecule has 3 rings (SSSR count). The second-order valence-corrected chi connectivity index (χ2v) is 7.56. The molecule has 1 atom stereocenters. The Hall–Kier alpha value is -2.48. The van der Waals surface area contributed by atoms with E-state index in [4.69, 9.17) is 4.42 Å². The zero-order valence-electron chi connectivity index (χ0n) is 16.0. The molecule has 0 unspecified atom stereocenters. The Kier molecular flexibility index (Phi) is 5.74. The summed E-state index contributed by atoms with van der Waals surface area (Å²) in [6.07, 6.45) is 0.796. The normalized spacial score (nSPS) is 12.4. The van der Waals surface area contributed by atoms with Gasteiger partial charge in [0.15, 0.2) is 5.16 Å². The number of carbonyl (C=O) groups is 1. The Labute approximate surface area is 161 Å². The summed E-state index contributed by atoms with van der Waals surface area (Å²) in [5.41, 5.74) is 1.93. The highest BCUT2D eigenvalue weighted by atomic mass is 32.2. The summed E-state index contributed by atoms with van der Waals surface area (Å²) in [6.45, 7) is 8.10. The van der Waals surface area contributed by atoms with E-state index in [9.17, 15) is 9.59 Å². The molecule has 144 valence electrons. The van der Waals surface area contributed by atoms with E-state index in [0.29, 0.717) is 28.5 Å². The van der Waals surface area contributed by atoms with E-state index in [-0.39, 0.29) is 23.3 Å². The van der Waals surface area contributed by atoms with Crippen molar-refractivity contribution in [2.24, 2.45) is 0 Å². The molecule has 0 aliphatic carbocycles. The van der Waals surface area contributed by atoms with Crippen LogP contribution < -0.4 is 10.9 Å². The van der Waals surface area contributed by atoms with Crippen LogP contribution in [0.2, 0.25) is 0 Å². The lowest BCUT2D eigenvalue weighted by Gasteiger charge is -2.17. The van der Waals surface area contributed by atoms with Crippen LogP contribution in [0.15, 0.2) is 32.6 Å². The van der Waals surface area contributed by atoms with E-state index < -0.39 is 0 Å². The van der Waals surface area contributed by atoms with Crippen molar-refractivity contribution < 1.29 is 9.21 Å². The van der Waals surface area contributed by atoms with E-state index in [1.54, 1.807) is 4.57 Å². The van der Waals surface area contributed by atoms with Crippen molar-refractivity contribution in [1.82, 2.24) is 19.9 Å². The van der Waals surface area contributed by atoms with Crippen LogP contribution in [0.1, 0.15) is 43.5 Å². The molecule has 8 heteroatoms.